The fraction of sp³-hybridized carbons (Fsp3) is 0.667. The predicted molar refractivity (Wildman–Crippen MR) is 125 cm³/mol. The van der Waals surface area contributed by atoms with Crippen molar-refractivity contribution in [3.63, 3.8) is 0 Å². The number of hydrogen-bond donors (Lipinski definition) is 2. The van der Waals surface area contributed by atoms with E-state index in [2.05, 4.69) is 46.4 Å². The molecular formula is C21H35Cl3N4O. The molecule has 0 radical (unpaired) electrons. The highest BCUT2D eigenvalue weighted by Gasteiger charge is 2.48. The molecule has 2 bridgehead atoms. The summed E-state index contributed by atoms with van der Waals surface area (Å²) in [5, 5.41) is 3.13. The van der Waals surface area contributed by atoms with E-state index in [0.717, 1.165) is 44.7 Å². The number of rotatable bonds is 5. The Labute approximate surface area is 193 Å². The molecule has 8 heteroatoms. The highest BCUT2D eigenvalue weighted by atomic mass is 35.5. The number of likely N-dealkylation sites (N-methyl/N-ethyl adjacent to an activating group) is 1. The van der Waals surface area contributed by atoms with Crippen LogP contribution in [0.25, 0.3) is 0 Å². The van der Waals surface area contributed by atoms with Gasteiger partial charge in [-0.15, -0.1) is 37.2 Å². The van der Waals surface area contributed by atoms with Crippen LogP contribution in [0.3, 0.4) is 0 Å². The molecule has 1 amide bonds. The molecule has 166 valence electrons. The number of hydrogen-bond acceptors (Lipinski definition) is 4. The Hall–Kier alpha value is -0.560. The lowest BCUT2D eigenvalue weighted by Crippen LogP contribution is -2.45. The normalized spacial score (nSPS) is 28.8. The first-order chi connectivity index (χ1) is 12.6. The third-order valence-electron chi connectivity index (χ3n) is 6.78. The van der Waals surface area contributed by atoms with Crippen molar-refractivity contribution in [3.8, 4) is 0 Å². The minimum Gasteiger partial charge on any atom is -0.352 e. The first kappa shape index (κ1) is 26.5. The molecule has 5 nitrogen and oxygen atoms in total. The highest BCUT2D eigenvalue weighted by molar-refractivity contribution is 5.86. The second-order valence-corrected chi connectivity index (χ2v) is 8.55. The maximum absolute atomic E-state index is 12.6. The number of nitrogens with zero attached hydrogens (tertiary/aromatic N) is 2. The Morgan fingerprint density at radius 1 is 1.00 bits per heavy atom. The minimum absolute atomic E-state index is 0. The maximum atomic E-state index is 12.6. The molecule has 2 aliphatic carbocycles. The van der Waals surface area contributed by atoms with Crippen LogP contribution in [0.4, 0.5) is 0 Å². The van der Waals surface area contributed by atoms with E-state index in [1.165, 1.54) is 18.4 Å². The molecule has 4 unspecified atom stereocenters. The molecule has 1 heterocycles. The Kier molecular flexibility index (Phi) is 10.7. The fourth-order valence-electron chi connectivity index (χ4n) is 5.06. The lowest BCUT2D eigenvalue weighted by molar-refractivity contribution is -0.127. The van der Waals surface area contributed by atoms with Crippen LogP contribution < -0.4 is 11.1 Å². The minimum atomic E-state index is 0. The first-order valence-corrected chi connectivity index (χ1v) is 10.1. The van der Waals surface area contributed by atoms with E-state index < -0.39 is 0 Å². The molecule has 4 atom stereocenters. The predicted octanol–water partition coefficient (Wildman–Crippen LogP) is 2.69. The standard InChI is InChI=1S/C21H32N4O.3ClH/c1-24-8-10-25(11-9-24)14-16-4-2-15(3-5-16)13-23-21(26)19-17-6-7-18(12-17)20(19)22;;;/h2-5,17-20H,6-14,22H2,1H3,(H,23,26);3*1H. The van der Waals surface area contributed by atoms with Gasteiger partial charge in [-0.25, -0.2) is 0 Å². The number of nitrogens with one attached hydrogen (secondary N) is 1. The molecule has 4 rings (SSSR count). The maximum Gasteiger partial charge on any atom is 0.225 e. The van der Waals surface area contributed by atoms with E-state index in [1.54, 1.807) is 0 Å². The van der Waals surface area contributed by atoms with Gasteiger partial charge in [0.1, 0.15) is 0 Å². The zero-order chi connectivity index (χ0) is 18.1. The van der Waals surface area contributed by atoms with Gasteiger partial charge in [-0.2, -0.15) is 0 Å². The SMILES string of the molecule is CN1CCN(Cc2ccc(CNC(=O)C3C4CCC(C4)C3N)cc2)CC1.Cl.Cl.Cl. The monoisotopic (exact) mass is 464 g/mol. The van der Waals surface area contributed by atoms with E-state index in [-0.39, 0.29) is 55.1 Å². The molecule has 3 N–H and O–H groups in total. The average molecular weight is 466 g/mol. The molecular weight excluding hydrogens is 431 g/mol. The zero-order valence-electron chi connectivity index (χ0n) is 17.1. The average Bonchev–Trinajstić information content (AvgIpc) is 3.24. The molecule has 0 spiro atoms. The molecule has 0 aromatic heterocycles. The number of benzene rings is 1. The van der Waals surface area contributed by atoms with Crippen molar-refractivity contribution in [1.29, 1.82) is 0 Å². The van der Waals surface area contributed by atoms with Crippen molar-refractivity contribution >= 4 is 43.1 Å². The van der Waals surface area contributed by atoms with Gasteiger partial charge in [-0.3, -0.25) is 9.69 Å². The number of nitrogens with two attached hydrogens (primary N) is 1. The van der Waals surface area contributed by atoms with Gasteiger partial charge in [-0.1, -0.05) is 24.3 Å². The van der Waals surface area contributed by atoms with Gasteiger partial charge in [0.25, 0.3) is 0 Å². The van der Waals surface area contributed by atoms with E-state index in [4.69, 9.17) is 5.73 Å². The molecule has 2 saturated carbocycles. The summed E-state index contributed by atoms with van der Waals surface area (Å²) in [5.41, 5.74) is 8.79. The summed E-state index contributed by atoms with van der Waals surface area (Å²) in [4.78, 5) is 17.5. The van der Waals surface area contributed by atoms with Crippen molar-refractivity contribution < 1.29 is 4.79 Å². The second-order valence-electron chi connectivity index (χ2n) is 8.55. The summed E-state index contributed by atoms with van der Waals surface area (Å²) in [5.74, 6) is 1.28. The Morgan fingerprint density at radius 2 is 1.59 bits per heavy atom. The van der Waals surface area contributed by atoms with E-state index in [1.807, 2.05) is 0 Å². The molecule has 1 aromatic rings. The topological polar surface area (TPSA) is 61.6 Å². The Morgan fingerprint density at radius 3 is 2.17 bits per heavy atom. The van der Waals surface area contributed by atoms with Crippen molar-refractivity contribution in [2.45, 2.75) is 38.4 Å². The largest absolute Gasteiger partial charge is 0.352 e. The fourth-order valence-corrected chi connectivity index (χ4v) is 5.06. The van der Waals surface area contributed by atoms with Crippen LogP contribution in [0, 0.1) is 17.8 Å². The van der Waals surface area contributed by atoms with Gasteiger partial charge in [0, 0.05) is 45.3 Å². The quantitative estimate of drug-likeness (QED) is 0.702. The lowest BCUT2D eigenvalue weighted by atomic mass is 9.84. The Bertz CT molecular complexity index is 635. The van der Waals surface area contributed by atoms with Crippen molar-refractivity contribution in [2.24, 2.45) is 23.5 Å². The smallest absolute Gasteiger partial charge is 0.225 e. The third kappa shape index (κ3) is 6.22. The van der Waals surface area contributed by atoms with Gasteiger partial charge >= 0.3 is 0 Å². The molecule has 3 aliphatic rings. The summed E-state index contributed by atoms with van der Waals surface area (Å²) in [6.07, 6.45) is 3.54. The van der Waals surface area contributed by atoms with Crippen molar-refractivity contribution in [1.82, 2.24) is 15.1 Å². The van der Waals surface area contributed by atoms with Crippen LogP contribution in [0.2, 0.25) is 0 Å². The van der Waals surface area contributed by atoms with Crippen molar-refractivity contribution in [3.05, 3.63) is 35.4 Å². The molecule has 1 aromatic carbocycles. The summed E-state index contributed by atoms with van der Waals surface area (Å²) in [6, 6.07) is 8.75. The van der Waals surface area contributed by atoms with Crippen molar-refractivity contribution in [2.75, 3.05) is 33.2 Å². The van der Waals surface area contributed by atoms with E-state index >= 15 is 0 Å². The summed E-state index contributed by atoms with van der Waals surface area (Å²) in [6.45, 7) is 6.19. The van der Waals surface area contributed by atoms with Crippen LogP contribution in [0.5, 0.6) is 0 Å². The summed E-state index contributed by atoms with van der Waals surface area (Å²) in [7, 11) is 2.18. The molecule has 1 aliphatic heterocycles. The van der Waals surface area contributed by atoms with Gasteiger partial charge in [-0.05, 0) is 49.3 Å². The Balaban J connectivity index is 0.00000140. The third-order valence-corrected chi connectivity index (χ3v) is 6.78. The molecule has 1 saturated heterocycles. The number of amides is 1. The van der Waals surface area contributed by atoms with Crippen LogP contribution >= 0.6 is 37.2 Å². The first-order valence-electron chi connectivity index (χ1n) is 10.1. The number of carbonyl (C=O) groups is 1. The molecule has 3 fully saturated rings. The number of halogens is 3. The number of piperazine rings is 1. The van der Waals surface area contributed by atoms with E-state index in [0.29, 0.717) is 18.4 Å². The second kappa shape index (κ2) is 11.7. The highest BCUT2D eigenvalue weighted by Crippen LogP contribution is 2.47. The lowest BCUT2D eigenvalue weighted by Gasteiger charge is -2.32. The van der Waals surface area contributed by atoms with Gasteiger partial charge < -0.3 is 16.0 Å². The summed E-state index contributed by atoms with van der Waals surface area (Å²) < 4.78 is 0. The summed E-state index contributed by atoms with van der Waals surface area (Å²) >= 11 is 0. The number of carbonyl (C=O) groups excluding carboxylic acids is 1. The van der Waals surface area contributed by atoms with Crippen LogP contribution in [-0.2, 0) is 17.9 Å². The molecule has 29 heavy (non-hydrogen) atoms. The number of fused-ring (bicyclic) bond motifs is 2. The van der Waals surface area contributed by atoms with Crippen LogP contribution in [0.15, 0.2) is 24.3 Å². The van der Waals surface area contributed by atoms with Gasteiger partial charge in [0.05, 0.1) is 5.92 Å². The van der Waals surface area contributed by atoms with E-state index in [9.17, 15) is 4.79 Å². The van der Waals surface area contributed by atoms with Gasteiger partial charge in [0.2, 0.25) is 5.91 Å². The van der Waals surface area contributed by atoms with Crippen LogP contribution in [-0.4, -0.2) is 55.0 Å². The van der Waals surface area contributed by atoms with Gasteiger partial charge in [0.15, 0.2) is 0 Å². The zero-order valence-corrected chi connectivity index (χ0v) is 19.5. The van der Waals surface area contributed by atoms with Crippen LogP contribution in [0.1, 0.15) is 30.4 Å².